The highest BCUT2D eigenvalue weighted by atomic mass is 16.2. The fourth-order valence-corrected chi connectivity index (χ4v) is 3.19. The van der Waals surface area contributed by atoms with Crippen LogP contribution in [0.2, 0.25) is 0 Å². The molecule has 0 aliphatic rings. The van der Waals surface area contributed by atoms with Crippen molar-refractivity contribution in [3.63, 3.8) is 0 Å². The van der Waals surface area contributed by atoms with Crippen molar-refractivity contribution < 1.29 is 4.79 Å². The Morgan fingerprint density at radius 1 is 1.10 bits per heavy atom. The maximum atomic E-state index is 12.9. The summed E-state index contributed by atoms with van der Waals surface area (Å²) in [6, 6.07) is 18.8. The third kappa shape index (κ3) is 4.11. The van der Waals surface area contributed by atoms with Crippen LogP contribution in [-0.4, -0.2) is 15.3 Å². The van der Waals surface area contributed by atoms with Gasteiger partial charge in [0.05, 0.1) is 11.4 Å². The second kappa shape index (κ2) is 8.66. The number of hydrogen-bond donors (Lipinski definition) is 1. The van der Waals surface area contributed by atoms with Crippen molar-refractivity contribution in [1.29, 1.82) is 5.26 Å². The molecule has 0 bridgehead atoms. The first kappa shape index (κ1) is 20.9. The first-order valence-corrected chi connectivity index (χ1v) is 9.70. The third-order valence-electron chi connectivity index (χ3n) is 5.07. The molecule has 0 spiro atoms. The van der Waals surface area contributed by atoms with Crippen LogP contribution in [0.5, 0.6) is 0 Å². The van der Waals surface area contributed by atoms with Crippen LogP contribution in [-0.2, 0) is 11.8 Å². The number of amides is 1. The molecule has 1 amide bonds. The van der Waals surface area contributed by atoms with Crippen LogP contribution in [0.25, 0.3) is 11.8 Å². The Hall–Kier alpha value is -3.85. The van der Waals surface area contributed by atoms with Crippen molar-refractivity contribution in [2.45, 2.75) is 26.7 Å². The lowest BCUT2D eigenvalue weighted by atomic mass is 10.0. The molecular formula is C24H24N4O2. The summed E-state index contributed by atoms with van der Waals surface area (Å²) in [6.45, 7) is 5.95. The number of hydrogen-bond acceptors (Lipinski definition) is 3. The number of nitriles is 1. The summed E-state index contributed by atoms with van der Waals surface area (Å²) in [6.07, 6.45) is 1.52. The Balaban J connectivity index is 1.91. The fourth-order valence-electron chi connectivity index (χ4n) is 3.19. The Kier molecular flexibility index (Phi) is 6.03. The van der Waals surface area contributed by atoms with Crippen LogP contribution in [0.1, 0.15) is 36.6 Å². The number of benzene rings is 2. The third-order valence-corrected chi connectivity index (χ3v) is 5.07. The number of carbonyl (C=O) groups excluding carboxylic acids is 1. The van der Waals surface area contributed by atoms with E-state index in [1.807, 2.05) is 60.7 Å². The average molecular weight is 400 g/mol. The van der Waals surface area contributed by atoms with Gasteiger partial charge in [-0.1, -0.05) is 56.3 Å². The molecule has 3 aromatic rings. The van der Waals surface area contributed by atoms with Gasteiger partial charge in [-0.25, -0.2) is 4.68 Å². The van der Waals surface area contributed by atoms with Gasteiger partial charge in [0, 0.05) is 7.05 Å². The molecule has 0 radical (unpaired) electrons. The van der Waals surface area contributed by atoms with Crippen LogP contribution in [0.3, 0.4) is 0 Å². The number of anilines is 1. The summed E-state index contributed by atoms with van der Waals surface area (Å²) in [5, 5.41) is 12.1. The van der Waals surface area contributed by atoms with Crippen LogP contribution in [0, 0.1) is 18.3 Å². The summed E-state index contributed by atoms with van der Waals surface area (Å²) in [5.74, 6) is -0.217. The quantitative estimate of drug-likeness (QED) is 0.516. The minimum absolute atomic E-state index is 0.0683. The van der Waals surface area contributed by atoms with Crippen molar-refractivity contribution in [3.8, 4) is 11.8 Å². The van der Waals surface area contributed by atoms with Crippen molar-refractivity contribution in [2.75, 3.05) is 5.32 Å². The zero-order valence-electron chi connectivity index (χ0n) is 17.5. The lowest BCUT2D eigenvalue weighted by molar-refractivity contribution is -0.112. The van der Waals surface area contributed by atoms with E-state index in [-0.39, 0.29) is 16.8 Å². The minimum Gasteiger partial charge on any atom is -0.315 e. The van der Waals surface area contributed by atoms with Crippen LogP contribution >= 0.6 is 0 Å². The van der Waals surface area contributed by atoms with E-state index in [2.05, 4.69) is 19.2 Å². The zero-order chi connectivity index (χ0) is 21.8. The van der Waals surface area contributed by atoms with Gasteiger partial charge in [-0.05, 0) is 42.2 Å². The summed E-state index contributed by atoms with van der Waals surface area (Å²) < 4.78 is 3.15. The number of nitrogens with one attached hydrogen (secondary N) is 1. The molecule has 152 valence electrons. The Labute approximate surface area is 175 Å². The largest absolute Gasteiger partial charge is 0.315 e. The lowest BCUT2D eigenvalue weighted by Crippen LogP contribution is -2.23. The van der Waals surface area contributed by atoms with E-state index in [0.717, 1.165) is 5.56 Å². The van der Waals surface area contributed by atoms with Crippen molar-refractivity contribution in [2.24, 2.45) is 7.05 Å². The van der Waals surface area contributed by atoms with Gasteiger partial charge in [-0.15, -0.1) is 0 Å². The molecule has 1 N–H and O–H groups in total. The predicted octanol–water partition coefficient (Wildman–Crippen LogP) is 4.15. The van der Waals surface area contributed by atoms with Crippen LogP contribution < -0.4 is 10.9 Å². The second-order valence-electron chi connectivity index (χ2n) is 7.38. The molecule has 3 rings (SSSR count). The van der Waals surface area contributed by atoms with Crippen LogP contribution in [0.15, 0.2) is 65.0 Å². The SMILES string of the molecule is Cc1c(NC(=O)C(C#N)=Cc2ccc(C(C)C)cc2)c(=O)n(-c2ccccc2)n1C. The second-order valence-corrected chi connectivity index (χ2v) is 7.38. The molecule has 0 unspecified atom stereocenters. The van der Waals surface area contributed by atoms with Gasteiger partial charge in [-0.2, -0.15) is 5.26 Å². The molecule has 0 aliphatic carbocycles. The Morgan fingerprint density at radius 2 is 1.73 bits per heavy atom. The standard InChI is InChI=1S/C24H24N4O2/c1-16(2)19-12-10-18(11-13-19)14-20(15-25)23(29)26-22-17(3)27(4)28(24(22)30)21-8-6-5-7-9-21/h5-14,16H,1-4H3,(H,26,29). The average Bonchev–Trinajstić information content (AvgIpc) is 2.96. The van der Waals surface area contributed by atoms with Crippen molar-refractivity contribution >= 4 is 17.7 Å². The smallest absolute Gasteiger partial charge is 0.295 e. The highest BCUT2D eigenvalue weighted by Crippen LogP contribution is 2.18. The van der Waals surface area contributed by atoms with E-state index in [9.17, 15) is 14.9 Å². The van der Waals surface area contributed by atoms with E-state index in [4.69, 9.17) is 0 Å². The van der Waals surface area contributed by atoms with Gasteiger partial charge in [0.15, 0.2) is 0 Å². The lowest BCUT2D eigenvalue weighted by Gasteiger charge is -2.07. The maximum Gasteiger partial charge on any atom is 0.295 e. The molecule has 0 atom stereocenters. The predicted molar refractivity (Wildman–Crippen MR) is 118 cm³/mol. The van der Waals surface area contributed by atoms with Crippen molar-refractivity contribution in [1.82, 2.24) is 9.36 Å². The molecule has 6 nitrogen and oxygen atoms in total. The van der Waals surface area contributed by atoms with E-state index in [1.54, 1.807) is 18.7 Å². The van der Waals surface area contributed by atoms with Gasteiger partial charge >= 0.3 is 0 Å². The summed E-state index contributed by atoms with van der Waals surface area (Å²) in [7, 11) is 1.75. The van der Waals surface area contributed by atoms with Crippen LogP contribution in [0.4, 0.5) is 5.69 Å². The minimum atomic E-state index is -0.614. The van der Waals surface area contributed by atoms with Gasteiger partial charge in [-0.3, -0.25) is 14.3 Å². The number of para-hydroxylation sites is 1. The normalized spacial score (nSPS) is 11.4. The fraction of sp³-hybridized carbons (Fsp3) is 0.208. The highest BCUT2D eigenvalue weighted by molar-refractivity contribution is 6.09. The van der Waals surface area contributed by atoms with E-state index in [0.29, 0.717) is 17.3 Å². The molecule has 0 fully saturated rings. The van der Waals surface area contributed by atoms with E-state index < -0.39 is 5.91 Å². The number of carbonyl (C=O) groups is 1. The highest BCUT2D eigenvalue weighted by Gasteiger charge is 2.19. The molecule has 0 saturated heterocycles. The molecule has 2 aromatic carbocycles. The first-order valence-electron chi connectivity index (χ1n) is 9.70. The number of aromatic nitrogens is 2. The van der Waals surface area contributed by atoms with Gasteiger partial charge in [0.2, 0.25) is 0 Å². The van der Waals surface area contributed by atoms with Crippen molar-refractivity contribution in [3.05, 3.63) is 87.3 Å². The molecule has 30 heavy (non-hydrogen) atoms. The monoisotopic (exact) mass is 400 g/mol. The summed E-state index contributed by atoms with van der Waals surface area (Å²) >= 11 is 0. The van der Waals surface area contributed by atoms with Gasteiger partial charge < -0.3 is 5.32 Å². The summed E-state index contributed by atoms with van der Waals surface area (Å²) in [4.78, 5) is 25.7. The molecule has 0 saturated carbocycles. The Bertz CT molecular complexity index is 1190. The number of nitrogens with zero attached hydrogens (tertiary/aromatic N) is 3. The molecule has 1 aromatic heterocycles. The number of rotatable bonds is 5. The molecule has 1 heterocycles. The van der Waals surface area contributed by atoms with E-state index in [1.165, 1.54) is 16.3 Å². The summed E-state index contributed by atoms with van der Waals surface area (Å²) in [5.41, 5.74) is 2.94. The molecule has 6 heteroatoms. The molecule has 0 aliphatic heterocycles. The zero-order valence-corrected chi connectivity index (χ0v) is 17.5. The first-order chi connectivity index (χ1) is 14.3. The molecular weight excluding hydrogens is 376 g/mol. The van der Waals surface area contributed by atoms with Gasteiger partial charge in [0.25, 0.3) is 11.5 Å². The van der Waals surface area contributed by atoms with E-state index >= 15 is 0 Å². The van der Waals surface area contributed by atoms with Gasteiger partial charge in [0.1, 0.15) is 17.3 Å². The topological polar surface area (TPSA) is 79.8 Å². The maximum absolute atomic E-state index is 12.9. The Morgan fingerprint density at radius 3 is 2.30 bits per heavy atom.